The van der Waals surface area contributed by atoms with Crippen LogP contribution in [0.25, 0.3) is 0 Å². The van der Waals surface area contributed by atoms with Gasteiger partial charge in [0.15, 0.2) is 0 Å². The van der Waals surface area contributed by atoms with Crippen molar-refractivity contribution in [1.82, 2.24) is 20.1 Å². The van der Waals surface area contributed by atoms with Crippen LogP contribution in [0.1, 0.15) is 49.1 Å². The lowest BCUT2D eigenvalue weighted by Gasteiger charge is -2.17. The number of hydrogen-bond acceptors (Lipinski definition) is 4. The first-order valence-electron chi connectivity index (χ1n) is 5.94. The van der Waals surface area contributed by atoms with Gasteiger partial charge in [-0.05, 0) is 12.8 Å². The number of carbonyl (C=O) groups is 2. The van der Waals surface area contributed by atoms with Crippen molar-refractivity contribution in [2.75, 3.05) is 6.54 Å². The van der Waals surface area contributed by atoms with E-state index < -0.39 is 11.9 Å². The Labute approximate surface area is 104 Å². The molecule has 0 unspecified atom stereocenters. The Bertz CT molecular complexity index is 465. The molecule has 0 aromatic carbocycles. The minimum absolute atomic E-state index is 0.0228. The van der Waals surface area contributed by atoms with Gasteiger partial charge in [0.1, 0.15) is 12.4 Å². The molecule has 0 radical (unpaired) electrons. The van der Waals surface area contributed by atoms with E-state index in [9.17, 15) is 9.59 Å². The van der Waals surface area contributed by atoms with Gasteiger partial charge in [0, 0.05) is 12.0 Å². The van der Waals surface area contributed by atoms with E-state index in [2.05, 4.69) is 15.2 Å². The summed E-state index contributed by atoms with van der Waals surface area (Å²) in [5, 5.41) is 15.4. The van der Waals surface area contributed by atoms with E-state index in [4.69, 9.17) is 5.11 Å². The second kappa shape index (κ2) is 4.75. The van der Waals surface area contributed by atoms with Crippen molar-refractivity contribution < 1.29 is 14.7 Å². The van der Waals surface area contributed by atoms with Gasteiger partial charge in [0.25, 0.3) is 5.91 Å². The van der Waals surface area contributed by atoms with E-state index >= 15 is 0 Å². The third-order valence-corrected chi connectivity index (χ3v) is 2.79. The van der Waals surface area contributed by atoms with Crippen molar-refractivity contribution in [1.29, 1.82) is 0 Å². The number of nitrogens with one attached hydrogen (secondary N) is 1. The lowest BCUT2D eigenvalue weighted by molar-refractivity contribution is -0.137. The molecule has 0 bridgehead atoms. The minimum atomic E-state index is -1.02. The zero-order valence-corrected chi connectivity index (χ0v) is 10.4. The molecule has 1 saturated carbocycles. The van der Waals surface area contributed by atoms with Crippen LogP contribution < -0.4 is 0 Å². The average Bonchev–Trinajstić information content (AvgIpc) is 3.00. The van der Waals surface area contributed by atoms with E-state index in [1.807, 2.05) is 13.8 Å². The quantitative estimate of drug-likeness (QED) is 0.800. The number of rotatable bonds is 5. The molecule has 0 aliphatic heterocycles. The Balaban J connectivity index is 2.14. The molecule has 0 spiro atoms. The van der Waals surface area contributed by atoms with Crippen LogP contribution in [0, 0.1) is 0 Å². The lowest BCUT2D eigenvalue weighted by Crippen LogP contribution is -2.38. The van der Waals surface area contributed by atoms with Gasteiger partial charge in [0.2, 0.25) is 5.82 Å². The molecule has 2 N–H and O–H groups in total. The second-order valence-electron chi connectivity index (χ2n) is 4.76. The first-order chi connectivity index (χ1) is 8.49. The molecule has 7 heteroatoms. The molecule has 0 atom stereocenters. The van der Waals surface area contributed by atoms with Gasteiger partial charge in [-0.3, -0.25) is 14.7 Å². The summed E-state index contributed by atoms with van der Waals surface area (Å²) in [4.78, 5) is 28.3. The van der Waals surface area contributed by atoms with Gasteiger partial charge >= 0.3 is 5.97 Å². The Kier molecular flexibility index (Phi) is 3.31. The predicted molar refractivity (Wildman–Crippen MR) is 62.2 cm³/mol. The highest BCUT2D eigenvalue weighted by Gasteiger charge is 2.35. The molecule has 1 amide bonds. The average molecular weight is 252 g/mol. The van der Waals surface area contributed by atoms with Crippen molar-refractivity contribution in [3.63, 3.8) is 0 Å². The number of H-pyrrole nitrogens is 1. The van der Waals surface area contributed by atoms with Gasteiger partial charge in [-0.1, -0.05) is 13.8 Å². The third-order valence-electron chi connectivity index (χ3n) is 2.79. The number of nitrogens with zero attached hydrogens (tertiary/aromatic N) is 3. The second-order valence-corrected chi connectivity index (χ2v) is 4.76. The Morgan fingerprint density at radius 3 is 2.61 bits per heavy atom. The molecule has 7 nitrogen and oxygen atoms in total. The maximum atomic E-state index is 12.1. The number of aromatic nitrogens is 3. The maximum Gasteiger partial charge on any atom is 0.323 e. The highest BCUT2D eigenvalue weighted by Crippen LogP contribution is 2.27. The van der Waals surface area contributed by atoms with E-state index in [0.29, 0.717) is 5.82 Å². The summed E-state index contributed by atoms with van der Waals surface area (Å²) in [7, 11) is 0. The molecule has 18 heavy (non-hydrogen) atoms. The molecule has 1 aliphatic rings. The summed E-state index contributed by atoms with van der Waals surface area (Å²) >= 11 is 0. The number of amides is 1. The van der Waals surface area contributed by atoms with Crippen LogP contribution in [0.4, 0.5) is 0 Å². The van der Waals surface area contributed by atoms with Crippen LogP contribution >= 0.6 is 0 Å². The van der Waals surface area contributed by atoms with E-state index in [-0.39, 0.29) is 24.3 Å². The normalized spacial score (nSPS) is 14.8. The number of hydrogen-bond donors (Lipinski definition) is 2. The van der Waals surface area contributed by atoms with Crippen LogP contribution in [0.15, 0.2) is 0 Å². The molecule has 1 aromatic rings. The van der Waals surface area contributed by atoms with Crippen LogP contribution in [0.5, 0.6) is 0 Å². The van der Waals surface area contributed by atoms with Crippen molar-refractivity contribution in [2.45, 2.75) is 38.6 Å². The minimum Gasteiger partial charge on any atom is -0.480 e. The highest BCUT2D eigenvalue weighted by atomic mass is 16.4. The maximum absolute atomic E-state index is 12.1. The van der Waals surface area contributed by atoms with E-state index in [1.54, 1.807) is 0 Å². The van der Waals surface area contributed by atoms with Crippen LogP contribution in [0.2, 0.25) is 0 Å². The van der Waals surface area contributed by atoms with Crippen LogP contribution in [0.3, 0.4) is 0 Å². The Hall–Kier alpha value is -1.92. The van der Waals surface area contributed by atoms with Crippen LogP contribution in [-0.4, -0.2) is 49.7 Å². The third kappa shape index (κ3) is 2.66. The SMILES string of the molecule is CC(C)c1nc(C(=O)N(CC(=O)O)C2CC2)n[nH]1. The zero-order chi connectivity index (χ0) is 13.3. The number of carbonyl (C=O) groups excluding carboxylic acids is 1. The van der Waals surface area contributed by atoms with E-state index in [1.165, 1.54) is 4.90 Å². The highest BCUT2D eigenvalue weighted by molar-refractivity contribution is 5.92. The summed E-state index contributed by atoms with van der Waals surface area (Å²) in [5.74, 6) is -0.609. The number of aromatic amines is 1. The summed E-state index contributed by atoms with van der Waals surface area (Å²) in [6, 6.07) is 0.0228. The molecular weight excluding hydrogens is 236 g/mol. The van der Waals surface area contributed by atoms with Crippen LogP contribution in [-0.2, 0) is 4.79 Å². The summed E-state index contributed by atoms with van der Waals surface area (Å²) in [6.07, 6.45) is 1.70. The molecule has 1 heterocycles. The van der Waals surface area contributed by atoms with Crippen molar-refractivity contribution >= 4 is 11.9 Å². The molecule has 0 saturated heterocycles. The molecular formula is C11H16N4O3. The van der Waals surface area contributed by atoms with Gasteiger partial charge in [-0.15, -0.1) is 5.10 Å². The fourth-order valence-electron chi connectivity index (χ4n) is 1.66. The van der Waals surface area contributed by atoms with Crippen molar-refractivity contribution in [2.24, 2.45) is 0 Å². The Morgan fingerprint density at radius 2 is 2.17 bits per heavy atom. The van der Waals surface area contributed by atoms with Gasteiger partial charge in [0.05, 0.1) is 0 Å². The lowest BCUT2D eigenvalue weighted by atomic mass is 10.2. The first-order valence-corrected chi connectivity index (χ1v) is 5.94. The first kappa shape index (κ1) is 12.5. The molecule has 1 aliphatic carbocycles. The van der Waals surface area contributed by atoms with Crippen molar-refractivity contribution in [3.8, 4) is 0 Å². The monoisotopic (exact) mass is 252 g/mol. The molecule has 1 aromatic heterocycles. The zero-order valence-electron chi connectivity index (χ0n) is 10.4. The fraction of sp³-hybridized carbons (Fsp3) is 0.636. The standard InChI is InChI=1S/C11H16N4O3/c1-6(2)9-12-10(14-13-9)11(18)15(5-8(16)17)7-3-4-7/h6-7H,3-5H2,1-2H3,(H,16,17)(H,12,13,14). The fourth-order valence-corrected chi connectivity index (χ4v) is 1.66. The topological polar surface area (TPSA) is 99.2 Å². The van der Waals surface area contributed by atoms with E-state index in [0.717, 1.165) is 12.8 Å². The summed E-state index contributed by atoms with van der Waals surface area (Å²) in [5.41, 5.74) is 0. The van der Waals surface area contributed by atoms with Gasteiger partial charge in [-0.2, -0.15) is 0 Å². The largest absolute Gasteiger partial charge is 0.480 e. The predicted octanol–water partition coefficient (Wildman–Crippen LogP) is 0.617. The van der Waals surface area contributed by atoms with Crippen molar-refractivity contribution in [3.05, 3.63) is 11.6 Å². The number of aliphatic carboxylic acids is 1. The number of carboxylic acids is 1. The smallest absolute Gasteiger partial charge is 0.323 e. The molecule has 2 rings (SSSR count). The molecule has 1 fully saturated rings. The van der Waals surface area contributed by atoms with Gasteiger partial charge < -0.3 is 10.0 Å². The molecule has 98 valence electrons. The summed E-state index contributed by atoms with van der Waals surface area (Å²) in [6.45, 7) is 3.57. The number of carboxylic acid groups (broad SMARTS) is 1. The summed E-state index contributed by atoms with van der Waals surface area (Å²) < 4.78 is 0. The van der Waals surface area contributed by atoms with Gasteiger partial charge in [-0.25, -0.2) is 4.98 Å². The Morgan fingerprint density at radius 1 is 1.50 bits per heavy atom.